The smallest absolute Gasteiger partial charge is 0.251 e. The van der Waals surface area contributed by atoms with Gasteiger partial charge >= 0.3 is 0 Å². The summed E-state index contributed by atoms with van der Waals surface area (Å²) in [6.45, 7) is 1.13. The molecule has 0 saturated heterocycles. The van der Waals surface area contributed by atoms with E-state index in [9.17, 15) is 9.59 Å². The number of thiocarbonyl (C=S) groups is 1. The van der Waals surface area contributed by atoms with Crippen molar-refractivity contribution in [3.63, 3.8) is 0 Å². The van der Waals surface area contributed by atoms with E-state index in [1.807, 2.05) is 0 Å². The van der Waals surface area contributed by atoms with Crippen molar-refractivity contribution in [3.8, 4) is 11.5 Å². The molecule has 0 unspecified atom stereocenters. The molecule has 170 valence electrons. The van der Waals surface area contributed by atoms with Crippen LogP contribution in [0, 0.1) is 0 Å². The third-order valence-electron chi connectivity index (χ3n) is 4.29. The van der Waals surface area contributed by atoms with Crippen LogP contribution in [-0.2, 0) is 9.53 Å². The summed E-state index contributed by atoms with van der Waals surface area (Å²) >= 11 is 5.18. The molecule has 2 aromatic rings. The van der Waals surface area contributed by atoms with Crippen LogP contribution in [0.15, 0.2) is 48.5 Å². The molecule has 0 bridgehead atoms. The third-order valence-corrected chi connectivity index (χ3v) is 4.49. The van der Waals surface area contributed by atoms with Crippen LogP contribution in [-0.4, -0.2) is 51.4 Å². The molecule has 0 spiro atoms. The highest BCUT2D eigenvalue weighted by atomic mass is 32.1. The molecule has 0 aliphatic carbocycles. The van der Waals surface area contributed by atoms with E-state index in [0.29, 0.717) is 35.9 Å². The van der Waals surface area contributed by atoms with E-state index in [4.69, 9.17) is 26.4 Å². The minimum atomic E-state index is -0.385. The minimum absolute atomic E-state index is 0.142. The van der Waals surface area contributed by atoms with E-state index >= 15 is 0 Å². The number of rotatable bonds is 10. The number of benzene rings is 2. The van der Waals surface area contributed by atoms with Crippen LogP contribution in [0.2, 0.25) is 0 Å². The number of carbonyl (C=O) groups is 2. The van der Waals surface area contributed by atoms with E-state index in [-0.39, 0.29) is 16.9 Å². The predicted molar refractivity (Wildman–Crippen MR) is 128 cm³/mol. The van der Waals surface area contributed by atoms with Crippen LogP contribution in [0.4, 0.5) is 5.69 Å². The van der Waals surface area contributed by atoms with Crippen LogP contribution >= 0.6 is 12.2 Å². The van der Waals surface area contributed by atoms with E-state index < -0.39 is 0 Å². The number of amides is 2. The highest BCUT2D eigenvalue weighted by Gasteiger charge is 2.07. The summed E-state index contributed by atoms with van der Waals surface area (Å²) in [6.07, 6.45) is 3.75. The molecule has 0 aliphatic heterocycles. The Kier molecular flexibility index (Phi) is 10.2. The average molecular weight is 458 g/mol. The van der Waals surface area contributed by atoms with Gasteiger partial charge in [0.2, 0.25) is 5.91 Å². The van der Waals surface area contributed by atoms with Crippen molar-refractivity contribution in [2.24, 2.45) is 0 Å². The number of nitrogens with one attached hydrogen (secondary N) is 3. The number of hydrogen-bond donors (Lipinski definition) is 3. The van der Waals surface area contributed by atoms with E-state index in [2.05, 4.69) is 16.0 Å². The van der Waals surface area contributed by atoms with Gasteiger partial charge in [-0.3, -0.25) is 14.9 Å². The van der Waals surface area contributed by atoms with Gasteiger partial charge in [0.1, 0.15) is 0 Å². The number of anilines is 1. The van der Waals surface area contributed by atoms with Crippen LogP contribution in [0.25, 0.3) is 6.08 Å². The number of ether oxygens (including phenoxy) is 3. The monoisotopic (exact) mass is 457 g/mol. The standard InChI is InChI=1S/C23H27N3O5S/c1-29-14-4-13-24-22(28)17-7-9-18(10-8-17)25-23(32)26-21(27)12-6-16-5-11-19(30-2)20(15-16)31-3/h5-12,15H,4,13-14H2,1-3H3,(H,24,28)(H2,25,26,27,32)/b12-6+. The fourth-order valence-electron chi connectivity index (χ4n) is 2.67. The van der Waals surface area contributed by atoms with Crippen LogP contribution < -0.4 is 25.4 Å². The molecule has 0 heterocycles. The Morgan fingerprint density at radius 1 is 1.00 bits per heavy atom. The molecule has 0 aromatic heterocycles. The summed E-state index contributed by atoms with van der Waals surface area (Å²) in [6, 6.07) is 12.1. The summed E-state index contributed by atoms with van der Waals surface area (Å²) < 4.78 is 15.4. The van der Waals surface area contributed by atoms with Crippen molar-refractivity contribution in [1.82, 2.24) is 10.6 Å². The van der Waals surface area contributed by atoms with Crippen molar-refractivity contribution in [3.05, 3.63) is 59.7 Å². The largest absolute Gasteiger partial charge is 0.493 e. The van der Waals surface area contributed by atoms with Gasteiger partial charge in [-0.1, -0.05) is 6.07 Å². The lowest BCUT2D eigenvalue weighted by molar-refractivity contribution is -0.115. The Morgan fingerprint density at radius 3 is 2.38 bits per heavy atom. The zero-order valence-electron chi connectivity index (χ0n) is 18.3. The van der Waals surface area contributed by atoms with Gasteiger partial charge < -0.3 is 24.8 Å². The second kappa shape index (κ2) is 13.1. The summed E-state index contributed by atoms with van der Waals surface area (Å²) in [7, 11) is 4.72. The fourth-order valence-corrected chi connectivity index (χ4v) is 2.89. The lowest BCUT2D eigenvalue weighted by atomic mass is 10.2. The normalized spacial score (nSPS) is 10.5. The fraction of sp³-hybridized carbons (Fsp3) is 0.261. The molecule has 3 N–H and O–H groups in total. The maximum absolute atomic E-state index is 12.1. The molecule has 0 aliphatic rings. The first-order valence-electron chi connectivity index (χ1n) is 9.86. The minimum Gasteiger partial charge on any atom is -0.493 e. The van der Waals surface area contributed by atoms with Crippen molar-refractivity contribution in [2.75, 3.05) is 39.8 Å². The average Bonchev–Trinajstić information content (AvgIpc) is 2.80. The molecule has 0 radical (unpaired) electrons. The Labute approximate surface area is 192 Å². The molecular weight excluding hydrogens is 430 g/mol. The number of carbonyl (C=O) groups excluding carboxylic acids is 2. The van der Waals surface area contributed by atoms with Crippen LogP contribution in [0.1, 0.15) is 22.3 Å². The predicted octanol–water partition coefficient (Wildman–Crippen LogP) is 3.00. The van der Waals surface area contributed by atoms with Crippen LogP contribution in [0.3, 0.4) is 0 Å². The van der Waals surface area contributed by atoms with Gasteiger partial charge in [-0.2, -0.15) is 0 Å². The summed E-state index contributed by atoms with van der Waals surface area (Å²) in [5.74, 6) is 0.626. The Bertz CT molecular complexity index is 961. The van der Waals surface area contributed by atoms with Gasteiger partial charge in [-0.15, -0.1) is 0 Å². The number of hydrogen-bond acceptors (Lipinski definition) is 6. The van der Waals surface area contributed by atoms with E-state index in [1.54, 1.807) is 69.9 Å². The van der Waals surface area contributed by atoms with Crippen LogP contribution in [0.5, 0.6) is 11.5 Å². The van der Waals surface area contributed by atoms with Crippen molar-refractivity contribution in [1.29, 1.82) is 0 Å². The molecule has 32 heavy (non-hydrogen) atoms. The van der Waals surface area contributed by atoms with Gasteiger partial charge in [0, 0.05) is 37.6 Å². The summed E-state index contributed by atoms with van der Waals surface area (Å²) in [5.41, 5.74) is 1.95. The molecule has 0 atom stereocenters. The van der Waals surface area contributed by atoms with E-state index in [0.717, 1.165) is 12.0 Å². The zero-order valence-corrected chi connectivity index (χ0v) is 19.1. The highest BCUT2D eigenvalue weighted by molar-refractivity contribution is 7.80. The lowest BCUT2D eigenvalue weighted by Gasteiger charge is -2.09. The second-order valence-corrected chi connectivity index (χ2v) is 6.98. The molecule has 2 rings (SSSR count). The van der Waals surface area contributed by atoms with Gasteiger partial charge in [-0.25, -0.2) is 0 Å². The highest BCUT2D eigenvalue weighted by Crippen LogP contribution is 2.27. The number of methoxy groups -OCH3 is 3. The maximum atomic E-state index is 12.1. The quantitative estimate of drug-likeness (QED) is 0.287. The maximum Gasteiger partial charge on any atom is 0.251 e. The van der Waals surface area contributed by atoms with Gasteiger partial charge in [0.15, 0.2) is 16.6 Å². The molecule has 2 aromatic carbocycles. The second-order valence-electron chi connectivity index (χ2n) is 6.57. The van der Waals surface area contributed by atoms with Gasteiger partial charge in [-0.05, 0) is 66.7 Å². The molecule has 0 fully saturated rings. The Balaban J connectivity index is 1.84. The molecule has 2 amide bonds. The topological polar surface area (TPSA) is 97.9 Å². The zero-order chi connectivity index (χ0) is 23.3. The van der Waals surface area contributed by atoms with Crippen molar-refractivity contribution in [2.45, 2.75) is 6.42 Å². The third kappa shape index (κ3) is 8.01. The molecule has 0 saturated carbocycles. The van der Waals surface area contributed by atoms with Crippen molar-refractivity contribution < 1.29 is 23.8 Å². The lowest BCUT2D eigenvalue weighted by Crippen LogP contribution is -2.32. The van der Waals surface area contributed by atoms with Gasteiger partial charge in [0.25, 0.3) is 5.91 Å². The summed E-state index contributed by atoms with van der Waals surface area (Å²) in [4.78, 5) is 24.2. The van der Waals surface area contributed by atoms with Gasteiger partial charge in [0.05, 0.1) is 14.2 Å². The SMILES string of the molecule is COCCCNC(=O)c1ccc(NC(=S)NC(=O)/C=C/c2ccc(OC)c(OC)c2)cc1. The Morgan fingerprint density at radius 2 is 1.72 bits per heavy atom. The summed E-state index contributed by atoms with van der Waals surface area (Å²) in [5, 5.41) is 8.44. The molecule has 9 heteroatoms. The van der Waals surface area contributed by atoms with Crippen molar-refractivity contribution >= 4 is 40.9 Å². The Hall–Kier alpha value is -3.43. The first-order valence-corrected chi connectivity index (χ1v) is 10.3. The first kappa shape index (κ1) is 24.8. The first-order chi connectivity index (χ1) is 15.5. The van der Waals surface area contributed by atoms with E-state index in [1.165, 1.54) is 6.08 Å². The molecular formula is C23H27N3O5S. The molecule has 8 nitrogen and oxygen atoms in total.